The van der Waals surface area contributed by atoms with E-state index in [1.165, 1.54) is 0 Å². The zero-order valence-electron chi connectivity index (χ0n) is 18.9. The van der Waals surface area contributed by atoms with Gasteiger partial charge in [-0.05, 0) is 85.6 Å². The van der Waals surface area contributed by atoms with Crippen molar-refractivity contribution < 1.29 is 9.47 Å². The molecular formula is C30H26O2. The van der Waals surface area contributed by atoms with E-state index in [2.05, 4.69) is 36.1 Å². The highest BCUT2D eigenvalue weighted by atomic mass is 16.5. The zero-order chi connectivity index (χ0) is 22.8. The molecule has 0 radical (unpaired) electrons. The summed E-state index contributed by atoms with van der Waals surface area (Å²) in [5.74, 6) is 7.08. The lowest BCUT2D eigenvalue weighted by Crippen LogP contribution is -2.09. The number of fused-ring (bicyclic) bond motifs is 2. The van der Waals surface area contributed by atoms with Crippen LogP contribution in [0.3, 0.4) is 0 Å². The number of ether oxygens (including phenoxy) is 2. The second-order valence-corrected chi connectivity index (χ2v) is 8.37. The van der Waals surface area contributed by atoms with Gasteiger partial charge in [0.05, 0.1) is 12.2 Å². The van der Waals surface area contributed by atoms with Crippen LogP contribution < -0.4 is 9.47 Å². The van der Waals surface area contributed by atoms with E-state index in [0.29, 0.717) is 0 Å². The van der Waals surface area contributed by atoms with Gasteiger partial charge in [-0.2, -0.15) is 0 Å². The molecule has 0 saturated heterocycles. The SMILES string of the molecule is C#Cc1ccc2c(-c3c(OC(C)C)ccc4cc(C#C)ccc34)c(OC(C)C)ccc2c1. The monoisotopic (exact) mass is 418 g/mol. The standard InChI is InChI=1S/C30H26O2/c1-7-21-9-13-25-23(17-21)11-15-27(31-19(3)4)29(25)30-26-14-10-22(8-2)18-24(26)12-16-28(30)32-20(5)6/h1-2,9-20H,3-6H3. The van der Waals surface area contributed by atoms with Crippen LogP contribution in [-0.2, 0) is 0 Å². The minimum absolute atomic E-state index is 0.0219. The van der Waals surface area contributed by atoms with Crippen LogP contribution in [0.2, 0.25) is 0 Å². The highest BCUT2D eigenvalue weighted by molar-refractivity contribution is 6.10. The summed E-state index contributed by atoms with van der Waals surface area (Å²) in [4.78, 5) is 0. The van der Waals surface area contributed by atoms with Crippen molar-refractivity contribution in [2.24, 2.45) is 0 Å². The summed E-state index contributed by atoms with van der Waals surface area (Å²) in [6.07, 6.45) is 11.4. The van der Waals surface area contributed by atoms with Crippen LogP contribution in [0.5, 0.6) is 11.5 Å². The summed E-state index contributed by atoms with van der Waals surface area (Å²) in [7, 11) is 0. The summed E-state index contributed by atoms with van der Waals surface area (Å²) < 4.78 is 12.6. The van der Waals surface area contributed by atoms with Crippen molar-refractivity contribution in [3.05, 3.63) is 71.8 Å². The van der Waals surface area contributed by atoms with Crippen molar-refractivity contribution >= 4 is 21.5 Å². The van der Waals surface area contributed by atoms with E-state index in [1.54, 1.807) is 0 Å². The summed E-state index contributed by atoms with van der Waals surface area (Å²) in [5.41, 5.74) is 3.68. The van der Waals surface area contributed by atoms with Crippen molar-refractivity contribution in [2.45, 2.75) is 39.9 Å². The Hall–Kier alpha value is -3.88. The van der Waals surface area contributed by atoms with E-state index in [1.807, 2.05) is 64.1 Å². The smallest absolute Gasteiger partial charge is 0.128 e. The fraction of sp³-hybridized carbons (Fsp3) is 0.200. The van der Waals surface area contributed by atoms with Crippen LogP contribution in [-0.4, -0.2) is 12.2 Å². The molecule has 4 aromatic carbocycles. The fourth-order valence-corrected chi connectivity index (χ4v) is 4.02. The van der Waals surface area contributed by atoms with Crippen molar-refractivity contribution in [2.75, 3.05) is 0 Å². The van der Waals surface area contributed by atoms with E-state index >= 15 is 0 Å². The van der Waals surface area contributed by atoms with Gasteiger partial charge in [-0.25, -0.2) is 0 Å². The predicted molar refractivity (Wildman–Crippen MR) is 134 cm³/mol. The van der Waals surface area contributed by atoms with Gasteiger partial charge in [-0.3, -0.25) is 0 Å². The molecule has 158 valence electrons. The third-order valence-corrected chi connectivity index (χ3v) is 5.27. The maximum Gasteiger partial charge on any atom is 0.128 e. The van der Waals surface area contributed by atoms with E-state index in [0.717, 1.165) is 55.3 Å². The van der Waals surface area contributed by atoms with Gasteiger partial charge >= 0.3 is 0 Å². The van der Waals surface area contributed by atoms with Crippen molar-refractivity contribution in [1.29, 1.82) is 0 Å². The second kappa shape index (κ2) is 8.70. The molecule has 0 heterocycles. The lowest BCUT2D eigenvalue weighted by atomic mass is 9.91. The molecule has 0 atom stereocenters. The minimum atomic E-state index is 0.0219. The molecule has 0 aliphatic carbocycles. The van der Waals surface area contributed by atoms with Crippen molar-refractivity contribution in [3.8, 4) is 47.3 Å². The van der Waals surface area contributed by atoms with E-state index in [-0.39, 0.29) is 12.2 Å². The zero-order valence-corrected chi connectivity index (χ0v) is 18.9. The Balaban J connectivity index is 2.15. The number of hydrogen-bond donors (Lipinski definition) is 0. The molecule has 0 N–H and O–H groups in total. The maximum atomic E-state index is 6.29. The van der Waals surface area contributed by atoms with Crippen LogP contribution in [0.15, 0.2) is 60.7 Å². The predicted octanol–water partition coefficient (Wildman–Crippen LogP) is 7.20. The number of terminal acetylenes is 2. The normalized spacial score (nSPS) is 11.0. The number of benzene rings is 4. The van der Waals surface area contributed by atoms with Gasteiger partial charge in [-0.1, -0.05) is 36.1 Å². The molecule has 0 amide bonds. The van der Waals surface area contributed by atoms with Gasteiger partial charge in [0.2, 0.25) is 0 Å². The summed E-state index contributed by atoms with van der Waals surface area (Å²) in [6, 6.07) is 20.3. The average molecular weight is 419 g/mol. The summed E-state index contributed by atoms with van der Waals surface area (Å²) in [5, 5.41) is 4.23. The molecule has 0 spiro atoms. The fourth-order valence-electron chi connectivity index (χ4n) is 4.02. The first kappa shape index (κ1) is 21.4. The second-order valence-electron chi connectivity index (χ2n) is 8.37. The van der Waals surface area contributed by atoms with Gasteiger partial charge in [-0.15, -0.1) is 12.8 Å². The van der Waals surface area contributed by atoms with Gasteiger partial charge < -0.3 is 9.47 Å². The largest absolute Gasteiger partial charge is 0.490 e. The molecule has 2 heteroatoms. The van der Waals surface area contributed by atoms with Gasteiger partial charge in [0.15, 0.2) is 0 Å². The average Bonchev–Trinajstić information content (AvgIpc) is 2.78. The van der Waals surface area contributed by atoms with Crippen LogP contribution in [0, 0.1) is 24.7 Å². The highest BCUT2D eigenvalue weighted by Crippen LogP contribution is 2.46. The molecular weight excluding hydrogens is 392 g/mol. The molecule has 0 bridgehead atoms. The molecule has 0 aliphatic rings. The van der Waals surface area contributed by atoms with Crippen LogP contribution in [0.1, 0.15) is 38.8 Å². The molecule has 0 aliphatic heterocycles. The number of hydrogen-bond acceptors (Lipinski definition) is 2. The van der Waals surface area contributed by atoms with Crippen molar-refractivity contribution in [1.82, 2.24) is 0 Å². The third kappa shape index (κ3) is 4.01. The molecule has 0 saturated carbocycles. The van der Waals surface area contributed by atoms with E-state index < -0.39 is 0 Å². The topological polar surface area (TPSA) is 18.5 Å². The lowest BCUT2D eigenvalue weighted by molar-refractivity contribution is 0.240. The molecule has 4 rings (SSSR count). The third-order valence-electron chi connectivity index (χ3n) is 5.27. The molecule has 0 fully saturated rings. The quantitative estimate of drug-likeness (QED) is 0.319. The van der Waals surface area contributed by atoms with Gasteiger partial charge in [0.25, 0.3) is 0 Å². The first-order valence-electron chi connectivity index (χ1n) is 10.8. The molecule has 0 aromatic heterocycles. The molecule has 4 aromatic rings. The summed E-state index contributed by atoms with van der Waals surface area (Å²) >= 11 is 0. The van der Waals surface area contributed by atoms with Crippen LogP contribution in [0.25, 0.3) is 32.7 Å². The minimum Gasteiger partial charge on any atom is -0.490 e. The van der Waals surface area contributed by atoms with Gasteiger partial charge in [0, 0.05) is 22.3 Å². The Morgan fingerprint density at radius 1 is 0.594 bits per heavy atom. The lowest BCUT2D eigenvalue weighted by Gasteiger charge is -2.22. The van der Waals surface area contributed by atoms with Gasteiger partial charge in [0.1, 0.15) is 11.5 Å². The number of rotatable bonds is 5. The molecule has 2 nitrogen and oxygen atoms in total. The van der Waals surface area contributed by atoms with E-state index in [4.69, 9.17) is 22.3 Å². The van der Waals surface area contributed by atoms with Crippen LogP contribution in [0.4, 0.5) is 0 Å². The highest BCUT2D eigenvalue weighted by Gasteiger charge is 2.20. The Labute approximate surface area is 190 Å². The Kier molecular flexibility index (Phi) is 5.81. The summed E-state index contributed by atoms with van der Waals surface area (Å²) in [6.45, 7) is 8.12. The molecule has 32 heavy (non-hydrogen) atoms. The Morgan fingerprint density at radius 3 is 1.34 bits per heavy atom. The first-order chi connectivity index (χ1) is 15.4. The van der Waals surface area contributed by atoms with Crippen LogP contribution >= 0.6 is 0 Å². The first-order valence-corrected chi connectivity index (χ1v) is 10.8. The molecule has 0 unspecified atom stereocenters. The Bertz CT molecular complexity index is 1290. The Morgan fingerprint density at radius 2 is 1.00 bits per heavy atom. The van der Waals surface area contributed by atoms with Crippen molar-refractivity contribution in [3.63, 3.8) is 0 Å². The maximum absolute atomic E-state index is 6.29. The van der Waals surface area contributed by atoms with E-state index in [9.17, 15) is 0 Å².